The molecular formula is C16H10FNOS2. The summed E-state index contributed by atoms with van der Waals surface area (Å²) >= 11 is 3.08. The fourth-order valence-electron chi connectivity index (χ4n) is 2.54. The molecule has 0 saturated heterocycles. The van der Waals surface area contributed by atoms with Crippen molar-refractivity contribution in [1.29, 1.82) is 0 Å². The van der Waals surface area contributed by atoms with Crippen molar-refractivity contribution in [3.63, 3.8) is 0 Å². The highest BCUT2D eigenvalue weighted by atomic mass is 32.2. The lowest BCUT2D eigenvalue weighted by Crippen LogP contribution is -2.10. The number of rotatable bonds is 2. The van der Waals surface area contributed by atoms with Gasteiger partial charge >= 0.3 is 0 Å². The van der Waals surface area contributed by atoms with Gasteiger partial charge in [0.05, 0.1) is 15.5 Å². The highest BCUT2D eigenvalue weighted by Gasteiger charge is 2.32. The summed E-state index contributed by atoms with van der Waals surface area (Å²) in [4.78, 5) is 16.9. The van der Waals surface area contributed by atoms with E-state index in [9.17, 15) is 9.18 Å². The molecule has 1 aromatic heterocycles. The van der Waals surface area contributed by atoms with E-state index in [-0.39, 0.29) is 16.9 Å². The fourth-order valence-corrected chi connectivity index (χ4v) is 4.94. The zero-order valence-corrected chi connectivity index (χ0v) is 12.5. The topological polar surface area (TPSA) is 30.0 Å². The van der Waals surface area contributed by atoms with Crippen molar-refractivity contribution in [2.24, 2.45) is 0 Å². The minimum atomic E-state index is -0.354. The summed E-state index contributed by atoms with van der Waals surface area (Å²) in [7, 11) is 0. The van der Waals surface area contributed by atoms with Gasteiger partial charge in [0.2, 0.25) is 0 Å². The number of fused-ring (bicyclic) bond motifs is 2. The van der Waals surface area contributed by atoms with Crippen LogP contribution in [-0.2, 0) is 6.42 Å². The average Bonchev–Trinajstić information content (AvgIpc) is 3.01. The van der Waals surface area contributed by atoms with Crippen LogP contribution < -0.4 is 0 Å². The van der Waals surface area contributed by atoms with Crippen molar-refractivity contribution in [3.8, 4) is 0 Å². The molecule has 0 radical (unpaired) electrons. The lowest BCUT2D eigenvalue weighted by molar-refractivity contribution is 0.1000. The smallest absolute Gasteiger partial charge is 0.176 e. The van der Waals surface area contributed by atoms with E-state index in [0.29, 0.717) is 12.0 Å². The Kier molecular flexibility index (Phi) is 3.05. The first-order valence-electron chi connectivity index (χ1n) is 6.55. The number of thioether (sulfide) groups is 1. The van der Waals surface area contributed by atoms with Gasteiger partial charge < -0.3 is 0 Å². The van der Waals surface area contributed by atoms with Crippen LogP contribution in [0.5, 0.6) is 0 Å². The quantitative estimate of drug-likeness (QED) is 0.705. The van der Waals surface area contributed by atoms with Crippen molar-refractivity contribution in [2.75, 3.05) is 0 Å². The van der Waals surface area contributed by atoms with E-state index < -0.39 is 0 Å². The predicted molar refractivity (Wildman–Crippen MR) is 83.7 cm³/mol. The van der Waals surface area contributed by atoms with E-state index in [0.717, 1.165) is 20.1 Å². The Morgan fingerprint density at radius 3 is 2.95 bits per heavy atom. The van der Waals surface area contributed by atoms with Crippen LogP contribution >= 0.6 is 23.1 Å². The molecule has 0 saturated carbocycles. The Morgan fingerprint density at radius 1 is 1.24 bits per heavy atom. The molecule has 0 N–H and O–H groups in total. The van der Waals surface area contributed by atoms with E-state index in [1.807, 2.05) is 24.3 Å². The molecule has 5 heteroatoms. The predicted octanol–water partition coefficient (Wildman–Crippen LogP) is 4.34. The summed E-state index contributed by atoms with van der Waals surface area (Å²) in [5.74, 6) is -0.346. The number of ketones is 1. The summed E-state index contributed by atoms with van der Waals surface area (Å²) in [5.41, 5.74) is 2.41. The fraction of sp³-hybridized carbons (Fsp3) is 0.125. The minimum Gasteiger partial charge on any atom is -0.293 e. The van der Waals surface area contributed by atoms with Gasteiger partial charge in [-0.05, 0) is 36.2 Å². The van der Waals surface area contributed by atoms with Crippen molar-refractivity contribution in [3.05, 3.63) is 59.4 Å². The van der Waals surface area contributed by atoms with Crippen LogP contribution in [0.3, 0.4) is 0 Å². The number of Topliss-reactive ketones (excluding diaryl/α,β-unsaturated/α-hetero) is 1. The van der Waals surface area contributed by atoms with E-state index in [2.05, 4.69) is 4.98 Å². The van der Waals surface area contributed by atoms with Gasteiger partial charge in [0, 0.05) is 5.56 Å². The molecule has 1 atom stereocenters. The van der Waals surface area contributed by atoms with Crippen molar-refractivity contribution < 1.29 is 9.18 Å². The summed E-state index contributed by atoms with van der Waals surface area (Å²) in [5, 5.41) is -0.192. The number of hydrogen-bond acceptors (Lipinski definition) is 4. The standard InChI is InChI=1S/C16H10FNOS2/c17-10-6-5-9-7-14(15(19)11(9)8-10)21-16-18-12-3-1-2-4-13(12)20-16/h1-6,8,14H,7H2. The van der Waals surface area contributed by atoms with Crippen LogP contribution in [0.25, 0.3) is 10.2 Å². The molecule has 1 heterocycles. The van der Waals surface area contributed by atoms with Gasteiger partial charge in [-0.3, -0.25) is 4.79 Å². The molecule has 2 nitrogen and oxygen atoms in total. The largest absolute Gasteiger partial charge is 0.293 e. The second-order valence-corrected chi connectivity index (χ2v) is 7.40. The number of carbonyl (C=O) groups is 1. The van der Waals surface area contributed by atoms with Gasteiger partial charge in [-0.2, -0.15) is 0 Å². The zero-order valence-electron chi connectivity index (χ0n) is 10.9. The molecule has 104 valence electrons. The maximum Gasteiger partial charge on any atom is 0.176 e. The molecule has 2 aromatic carbocycles. The number of halogens is 1. The lowest BCUT2D eigenvalue weighted by Gasteiger charge is -2.03. The highest BCUT2D eigenvalue weighted by molar-refractivity contribution is 8.02. The van der Waals surface area contributed by atoms with Gasteiger partial charge in [-0.25, -0.2) is 9.37 Å². The zero-order chi connectivity index (χ0) is 14.4. The Balaban J connectivity index is 1.63. The molecule has 1 unspecified atom stereocenters. The van der Waals surface area contributed by atoms with Crippen LogP contribution in [-0.4, -0.2) is 16.0 Å². The number of para-hydroxylation sites is 1. The van der Waals surface area contributed by atoms with Gasteiger partial charge in [-0.1, -0.05) is 30.0 Å². The average molecular weight is 315 g/mol. The second-order valence-electron chi connectivity index (χ2n) is 4.92. The Morgan fingerprint density at radius 2 is 2.10 bits per heavy atom. The number of nitrogens with zero attached hydrogens (tertiary/aromatic N) is 1. The van der Waals surface area contributed by atoms with Crippen LogP contribution in [0, 0.1) is 5.82 Å². The van der Waals surface area contributed by atoms with Crippen LogP contribution in [0.2, 0.25) is 0 Å². The molecular weight excluding hydrogens is 305 g/mol. The van der Waals surface area contributed by atoms with E-state index >= 15 is 0 Å². The maximum atomic E-state index is 13.3. The molecule has 0 spiro atoms. The van der Waals surface area contributed by atoms with E-state index in [4.69, 9.17) is 0 Å². The van der Waals surface area contributed by atoms with Crippen LogP contribution in [0.15, 0.2) is 46.8 Å². The summed E-state index contributed by atoms with van der Waals surface area (Å²) < 4.78 is 15.3. The molecule has 0 bridgehead atoms. The number of aromatic nitrogens is 1. The molecule has 1 aliphatic carbocycles. The first-order chi connectivity index (χ1) is 10.2. The van der Waals surface area contributed by atoms with E-state index in [1.165, 1.54) is 23.9 Å². The first kappa shape index (κ1) is 13.0. The SMILES string of the molecule is O=C1c2cc(F)ccc2CC1Sc1nc2ccccc2s1. The third-order valence-electron chi connectivity index (χ3n) is 3.55. The van der Waals surface area contributed by atoms with Gasteiger partial charge in [0.15, 0.2) is 10.1 Å². The summed E-state index contributed by atoms with van der Waals surface area (Å²) in [6.45, 7) is 0. The van der Waals surface area contributed by atoms with Crippen LogP contribution in [0.4, 0.5) is 4.39 Å². The molecule has 4 rings (SSSR count). The highest BCUT2D eigenvalue weighted by Crippen LogP contribution is 2.38. The van der Waals surface area contributed by atoms with Gasteiger partial charge in [0.25, 0.3) is 0 Å². The summed E-state index contributed by atoms with van der Waals surface area (Å²) in [6.07, 6.45) is 0.648. The molecule has 0 fully saturated rings. The van der Waals surface area contributed by atoms with Crippen molar-refractivity contribution >= 4 is 39.1 Å². The second kappa shape index (κ2) is 4.93. The van der Waals surface area contributed by atoms with Crippen molar-refractivity contribution in [1.82, 2.24) is 4.98 Å². The monoisotopic (exact) mass is 315 g/mol. The van der Waals surface area contributed by atoms with Crippen LogP contribution in [0.1, 0.15) is 15.9 Å². The molecule has 3 aromatic rings. The maximum absolute atomic E-state index is 13.3. The molecule has 0 amide bonds. The van der Waals surface area contributed by atoms with Crippen molar-refractivity contribution in [2.45, 2.75) is 16.0 Å². The first-order valence-corrected chi connectivity index (χ1v) is 8.25. The van der Waals surface area contributed by atoms with E-state index in [1.54, 1.807) is 17.4 Å². The number of thiazole rings is 1. The number of carbonyl (C=O) groups excluding carboxylic acids is 1. The molecule has 1 aliphatic rings. The van der Waals surface area contributed by atoms with Gasteiger partial charge in [-0.15, -0.1) is 11.3 Å². The number of benzene rings is 2. The Labute approximate surface area is 129 Å². The van der Waals surface area contributed by atoms with Gasteiger partial charge in [0.1, 0.15) is 5.82 Å². The lowest BCUT2D eigenvalue weighted by atomic mass is 10.1. The summed E-state index contributed by atoms with van der Waals surface area (Å²) in [6, 6.07) is 12.4. The molecule has 0 aliphatic heterocycles. The molecule has 21 heavy (non-hydrogen) atoms. The third kappa shape index (κ3) is 2.26. The third-order valence-corrected chi connectivity index (χ3v) is 5.88. The number of hydrogen-bond donors (Lipinski definition) is 0. The normalized spacial score (nSPS) is 17.4. The minimum absolute atomic E-state index is 0.00811. The Hall–Kier alpha value is -1.72. The Bertz CT molecular complexity index is 825.